The molecule has 0 aliphatic carbocycles. The van der Waals surface area contributed by atoms with E-state index >= 15 is 4.39 Å². The summed E-state index contributed by atoms with van der Waals surface area (Å²) < 4.78 is 124. The number of halogens is 9. The highest BCUT2D eigenvalue weighted by molar-refractivity contribution is 5.96. The molecule has 11 heteroatoms. The van der Waals surface area contributed by atoms with Crippen molar-refractivity contribution in [3.05, 3.63) is 69.8 Å². The van der Waals surface area contributed by atoms with Crippen LogP contribution in [0, 0.1) is 6.92 Å². The molecule has 2 rings (SSSR count). The van der Waals surface area contributed by atoms with Gasteiger partial charge < -0.3 is 5.73 Å². The molecule has 32 heavy (non-hydrogen) atoms. The Morgan fingerprint density at radius 3 is 1.81 bits per heavy atom. The van der Waals surface area contributed by atoms with Crippen molar-refractivity contribution in [2.24, 2.45) is 5.73 Å². The summed E-state index contributed by atoms with van der Waals surface area (Å²) in [6, 6.07) is 7.35. The summed E-state index contributed by atoms with van der Waals surface area (Å²) in [7, 11) is 0. The van der Waals surface area contributed by atoms with Crippen LogP contribution in [-0.4, -0.2) is 24.2 Å². The second-order valence-electron chi connectivity index (χ2n) is 7.18. The van der Waals surface area contributed by atoms with E-state index in [1.807, 2.05) is 0 Å². The molecule has 0 heterocycles. The number of carbonyl (C=O) groups is 1. The summed E-state index contributed by atoms with van der Waals surface area (Å²) in [6.07, 6.45) is -14.4. The quantitative estimate of drug-likeness (QED) is 0.503. The molecule has 0 aliphatic heterocycles. The van der Waals surface area contributed by atoms with Crippen LogP contribution in [0.2, 0.25) is 0 Å². The molecule has 0 saturated heterocycles. The summed E-state index contributed by atoms with van der Waals surface area (Å²) >= 11 is 0. The van der Waals surface area contributed by atoms with Crippen LogP contribution in [0.5, 0.6) is 0 Å². The van der Waals surface area contributed by atoms with Gasteiger partial charge in [0.1, 0.15) is 0 Å². The van der Waals surface area contributed by atoms with Crippen LogP contribution in [0.4, 0.5) is 39.5 Å². The van der Waals surface area contributed by atoms with Crippen LogP contribution in [0.1, 0.15) is 45.1 Å². The van der Waals surface area contributed by atoms with Gasteiger partial charge in [0.15, 0.2) is 0 Å². The van der Waals surface area contributed by atoms with E-state index in [9.17, 15) is 39.9 Å². The Kier molecular flexibility index (Phi) is 6.64. The maximum absolute atomic E-state index is 15.4. The number of carbonyl (C=O) groups excluding carboxylic acids is 1. The highest BCUT2D eigenvalue weighted by atomic mass is 19.4. The molecule has 0 aromatic heterocycles. The number of primary amides is 1. The largest absolute Gasteiger partial charge is 0.457 e. The number of alkyl halides is 9. The van der Waals surface area contributed by atoms with Gasteiger partial charge in [0.2, 0.25) is 5.91 Å². The van der Waals surface area contributed by atoms with E-state index in [2.05, 4.69) is 0 Å². The van der Waals surface area contributed by atoms with Crippen LogP contribution in [0.3, 0.4) is 0 Å². The number of amides is 1. The minimum absolute atomic E-state index is 0.197. The van der Waals surface area contributed by atoms with Gasteiger partial charge in [-0.25, -0.2) is 4.39 Å². The van der Waals surface area contributed by atoms with Gasteiger partial charge in [0.05, 0.1) is 0 Å². The average Bonchev–Trinajstić information content (AvgIpc) is 2.66. The highest BCUT2D eigenvalue weighted by Gasteiger charge is 2.82. The van der Waals surface area contributed by atoms with Gasteiger partial charge in [0.25, 0.3) is 0 Å². The fourth-order valence-electron chi connectivity index (χ4n) is 3.66. The Labute approximate surface area is 177 Å². The normalized spacial score (nSPS) is 14.8. The Hall–Kier alpha value is -2.72. The molecule has 176 valence electrons. The molecule has 1 atom stereocenters. The molecule has 1 unspecified atom stereocenters. The summed E-state index contributed by atoms with van der Waals surface area (Å²) in [5, 5.41) is 0. The van der Waals surface area contributed by atoms with E-state index < -0.39 is 53.0 Å². The van der Waals surface area contributed by atoms with Crippen molar-refractivity contribution in [3.63, 3.8) is 0 Å². The van der Waals surface area contributed by atoms with E-state index in [-0.39, 0.29) is 29.2 Å². The predicted molar refractivity (Wildman–Crippen MR) is 98.2 cm³/mol. The summed E-state index contributed by atoms with van der Waals surface area (Å²) in [5.74, 6) is -7.96. The third-order valence-electron chi connectivity index (χ3n) is 5.12. The fourth-order valence-corrected chi connectivity index (χ4v) is 3.66. The first-order valence-corrected chi connectivity index (χ1v) is 9.20. The van der Waals surface area contributed by atoms with Crippen molar-refractivity contribution < 1.29 is 44.3 Å². The molecule has 2 aromatic carbocycles. The van der Waals surface area contributed by atoms with Gasteiger partial charge in [-0.2, -0.15) is 35.1 Å². The lowest BCUT2D eigenvalue weighted by atomic mass is 9.78. The molecule has 0 spiro atoms. The third-order valence-corrected chi connectivity index (χ3v) is 5.12. The van der Waals surface area contributed by atoms with E-state index in [1.165, 1.54) is 37.3 Å². The lowest BCUT2D eigenvalue weighted by Gasteiger charge is -2.38. The highest BCUT2D eigenvalue weighted by Crippen LogP contribution is 2.59. The lowest BCUT2D eigenvalue weighted by Crippen LogP contribution is -2.60. The van der Waals surface area contributed by atoms with Gasteiger partial charge in [-0.15, -0.1) is 0 Å². The lowest BCUT2D eigenvalue weighted by molar-refractivity contribution is -0.389. The monoisotopic (exact) mass is 471 g/mol. The maximum Gasteiger partial charge on any atom is 0.457 e. The molecule has 0 aliphatic rings. The standard InChI is InChI=1S/C21H18F9NO/c1-3-13-14(10-12-7-5-4-6-8-12)15(9-11(2)16(13)17(31)32)18(22,20(25,26)27)19(23,24)21(28,29)30/h4-9H,3,10H2,1-2H3,(H2,31,32). The van der Waals surface area contributed by atoms with Crippen molar-refractivity contribution in [2.75, 3.05) is 0 Å². The minimum atomic E-state index is -6.86. The molecule has 2 N–H and O–H groups in total. The first kappa shape index (κ1) is 25.5. The molecular weight excluding hydrogens is 453 g/mol. The second-order valence-corrected chi connectivity index (χ2v) is 7.18. The van der Waals surface area contributed by atoms with Gasteiger partial charge in [0, 0.05) is 11.1 Å². The summed E-state index contributed by atoms with van der Waals surface area (Å²) in [6.45, 7) is 2.31. The number of nitrogens with two attached hydrogens (primary N) is 1. The van der Waals surface area contributed by atoms with Crippen molar-refractivity contribution in [1.82, 2.24) is 0 Å². The zero-order chi connectivity index (χ0) is 24.7. The topological polar surface area (TPSA) is 43.1 Å². The number of rotatable bonds is 6. The SMILES string of the molecule is CCc1c(Cc2ccccc2)c(C(F)(C(F)(F)F)C(F)(F)C(F)(F)F)cc(C)c1C(N)=O. The van der Waals surface area contributed by atoms with E-state index in [1.54, 1.807) is 0 Å². The van der Waals surface area contributed by atoms with Crippen LogP contribution >= 0.6 is 0 Å². The Bertz CT molecular complexity index is 997. The second kappa shape index (κ2) is 8.32. The van der Waals surface area contributed by atoms with Crippen molar-refractivity contribution >= 4 is 5.91 Å². The molecule has 2 aromatic rings. The predicted octanol–water partition coefficient (Wildman–Crippen LogP) is 6.17. The number of benzene rings is 2. The van der Waals surface area contributed by atoms with Gasteiger partial charge in [-0.05, 0) is 42.0 Å². The smallest absolute Gasteiger partial charge is 0.366 e. The van der Waals surface area contributed by atoms with Crippen LogP contribution in [0.25, 0.3) is 0 Å². The van der Waals surface area contributed by atoms with Crippen molar-refractivity contribution in [3.8, 4) is 0 Å². The van der Waals surface area contributed by atoms with E-state index in [4.69, 9.17) is 5.73 Å². The van der Waals surface area contributed by atoms with E-state index in [0.717, 1.165) is 6.92 Å². The van der Waals surface area contributed by atoms with Gasteiger partial charge >= 0.3 is 23.9 Å². The molecule has 0 radical (unpaired) electrons. The Morgan fingerprint density at radius 1 is 0.875 bits per heavy atom. The Balaban J connectivity index is 3.06. The van der Waals surface area contributed by atoms with Crippen molar-refractivity contribution in [1.29, 1.82) is 0 Å². The average molecular weight is 471 g/mol. The van der Waals surface area contributed by atoms with Crippen LogP contribution < -0.4 is 5.73 Å². The summed E-state index contributed by atoms with van der Waals surface area (Å²) in [4.78, 5) is 11.9. The molecule has 0 saturated carbocycles. The molecular formula is C21H18F9NO. The molecule has 1 amide bonds. The zero-order valence-electron chi connectivity index (χ0n) is 16.8. The maximum atomic E-state index is 15.4. The number of hydrogen-bond donors (Lipinski definition) is 1. The molecule has 2 nitrogen and oxygen atoms in total. The van der Waals surface area contributed by atoms with E-state index in [0.29, 0.717) is 0 Å². The van der Waals surface area contributed by atoms with Gasteiger partial charge in [-0.1, -0.05) is 43.3 Å². The third kappa shape index (κ3) is 4.04. The molecule has 0 bridgehead atoms. The van der Waals surface area contributed by atoms with Gasteiger partial charge in [-0.3, -0.25) is 4.79 Å². The molecule has 0 fully saturated rings. The fraction of sp³-hybridized carbons (Fsp3) is 0.381. The van der Waals surface area contributed by atoms with Crippen molar-refractivity contribution in [2.45, 2.75) is 50.6 Å². The number of aryl methyl sites for hydroxylation is 1. The Morgan fingerprint density at radius 2 is 1.41 bits per heavy atom. The van der Waals surface area contributed by atoms with Crippen LogP contribution in [-0.2, 0) is 18.5 Å². The minimum Gasteiger partial charge on any atom is -0.366 e. The first-order valence-electron chi connectivity index (χ1n) is 9.20. The summed E-state index contributed by atoms with van der Waals surface area (Å²) in [5.41, 5.74) is -4.51. The zero-order valence-corrected chi connectivity index (χ0v) is 16.8. The van der Waals surface area contributed by atoms with Crippen LogP contribution in [0.15, 0.2) is 36.4 Å². The number of hydrogen-bond acceptors (Lipinski definition) is 1. The first-order chi connectivity index (χ1) is 14.5.